The molecule has 1 atom stereocenters. The number of benzene rings is 2. The van der Waals surface area contributed by atoms with Crippen LogP contribution in [0.1, 0.15) is 45.2 Å². The Kier molecular flexibility index (Phi) is 5.57. The maximum Gasteiger partial charge on any atom is 0.409 e. The van der Waals surface area contributed by atoms with Crippen molar-refractivity contribution in [3.8, 4) is 5.75 Å². The maximum absolute atomic E-state index is 13.9. The summed E-state index contributed by atoms with van der Waals surface area (Å²) in [7, 11) is 0. The number of hydrogen-bond donors (Lipinski definition) is 1. The van der Waals surface area contributed by atoms with E-state index in [0.29, 0.717) is 17.7 Å². The third kappa shape index (κ3) is 4.09. The Morgan fingerprint density at radius 3 is 2.61 bits per heavy atom. The van der Waals surface area contributed by atoms with Crippen molar-refractivity contribution in [1.82, 2.24) is 10.4 Å². The highest BCUT2D eigenvalue weighted by atomic mass is 19.4. The van der Waals surface area contributed by atoms with Crippen molar-refractivity contribution < 1.29 is 22.7 Å². The first-order valence-electron chi connectivity index (χ1n) is 9.43. The van der Waals surface area contributed by atoms with Crippen LogP contribution in [0.3, 0.4) is 0 Å². The van der Waals surface area contributed by atoms with Crippen molar-refractivity contribution in [3.05, 3.63) is 42.0 Å². The number of rotatable bonds is 6. The monoisotopic (exact) mass is 394 g/mol. The molecule has 0 radical (unpaired) electrons. The largest absolute Gasteiger partial charge is 0.493 e. The molecule has 0 spiro atoms. The summed E-state index contributed by atoms with van der Waals surface area (Å²) < 4.78 is 47.5. The number of ether oxygens (including phenoxy) is 1. The normalized spacial score (nSPS) is 18.3. The molecule has 1 saturated heterocycles. The number of carbonyl (C=O) groups excluding carboxylic acids is 1. The van der Waals surface area contributed by atoms with E-state index >= 15 is 0 Å². The highest BCUT2D eigenvalue weighted by Crippen LogP contribution is 2.41. The Morgan fingerprint density at radius 2 is 2.00 bits per heavy atom. The molecule has 1 heterocycles. The van der Waals surface area contributed by atoms with Gasteiger partial charge in [-0.25, -0.2) is 5.01 Å². The first kappa shape index (κ1) is 20.5. The Morgan fingerprint density at radius 1 is 1.25 bits per heavy atom. The summed E-state index contributed by atoms with van der Waals surface area (Å²) in [5.74, 6) is 0.255. The molecule has 0 saturated carbocycles. The van der Waals surface area contributed by atoms with Crippen molar-refractivity contribution in [2.45, 2.75) is 45.8 Å². The summed E-state index contributed by atoms with van der Waals surface area (Å²) in [6.07, 6.45) is -2.62. The fraction of sp³-hybridized carbons (Fsp3) is 0.476. The van der Waals surface area contributed by atoms with Gasteiger partial charge in [0.25, 0.3) is 0 Å². The first-order chi connectivity index (χ1) is 13.1. The smallest absolute Gasteiger partial charge is 0.409 e. The Balaban J connectivity index is 1.96. The van der Waals surface area contributed by atoms with Gasteiger partial charge in [0.1, 0.15) is 11.8 Å². The van der Waals surface area contributed by atoms with Crippen LogP contribution in [-0.4, -0.2) is 30.2 Å². The number of halogens is 3. The van der Waals surface area contributed by atoms with Gasteiger partial charge < -0.3 is 4.74 Å². The Bertz CT molecular complexity index is 864. The van der Waals surface area contributed by atoms with Crippen LogP contribution in [0.2, 0.25) is 0 Å². The molecule has 1 N–H and O–H groups in total. The van der Waals surface area contributed by atoms with Gasteiger partial charge in [-0.15, -0.1) is 0 Å². The molecular formula is C21H25F3N2O2. The highest BCUT2D eigenvalue weighted by Gasteiger charge is 2.51. The minimum Gasteiger partial charge on any atom is -0.493 e. The third-order valence-electron chi connectivity index (χ3n) is 4.98. The second-order valence-corrected chi connectivity index (χ2v) is 7.84. The number of hydrogen-bond acceptors (Lipinski definition) is 3. The van der Waals surface area contributed by atoms with Crippen molar-refractivity contribution in [3.63, 3.8) is 0 Å². The van der Waals surface area contributed by atoms with E-state index < -0.39 is 23.5 Å². The molecule has 1 amide bonds. The SMILES string of the molecule is CCCCOc1cccc2cc([C@H](N3CC(C)(C)C(=O)N3)C(F)(F)F)ccc12. The van der Waals surface area contributed by atoms with Crippen molar-refractivity contribution in [2.24, 2.45) is 5.41 Å². The van der Waals surface area contributed by atoms with Gasteiger partial charge >= 0.3 is 6.18 Å². The lowest BCUT2D eigenvalue weighted by atomic mass is 9.93. The predicted molar refractivity (Wildman–Crippen MR) is 102 cm³/mol. The summed E-state index contributed by atoms with van der Waals surface area (Å²) in [5, 5.41) is 2.44. The topological polar surface area (TPSA) is 41.6 Å². The number of nitrogens with zero attached hydrogens (tertiary/aromatic N) is 1. The molecule has 1 aliphatic rings. The van der Waals surface area contributed by atoms with Crippen LogP contribution in [0, 0.1) is 5.41 Å². The summed E-state index contributed by atoms with van der Waals surface area (Å²) in [6, 6.07) is 8.10. The minimum absolute atomic E-state index is 0.0196. The zero-order valence-corrected chi connectivity index (χ0v) is 16.3. The predicted octanol–water partition coefficient (Wildman–Crippen LogP) is 5.00. The molecule has 1 aliphatic heterocycles. The van der Waals surface area contributed by atoms with Crippen LogP contribution in [-0.2, 0) is 4.79 Å². The molecule has 0 unspecified atom stereocenters. The zero-order chi connectivity index (χ0) is 20.5. The summed E-state index contributed by atoms with van der Waals surface area (Å²) >= 11 is 0. The van der Waals surface area contributed by atoms with E-state index in [1.54, 1.807) is 32.0 Å². The van der Waals surface area contributed by atoms with Gasteiger partial charge in [-0.1, -0.05) is 37.6 Å². The average Bonchev–Trinajstić information content (AvgIpc) is 2.86. The molecule has 2 aromatic carbocycles. The van der Waals surface area contributed by atoms with Crippen LogP contribution < -0.4 is 10.2 Å². The van der Waals surface area contributed by atoms with Gasteiger partial charge in [0, 0.05) is 11.9 Å². The number of unbranched alkanes of at least 4 members (excludes halogenated alkanes) is 1. The minimum atomic E-state index is -4.53. The van der Waals surface area contributed by atoms with Gasteiger partial charge in [0.2, 0.25) is 5.91 Å². The number of alkyl halides is 3. The molecule has 1 fully saturated rings. The fourth-order valence-corrected chi connectivity index (χ4v) is 3.42. The summed E-state index contributed by atoms with van der Waals surface area (Å²) in [5.41, 5.74) is 1.61. The molecule has 7 heteroatoms. The van der Waals surface area contributed by atoms with E-state index in [1.807, 2.05) is 6.07 Å². The molecule has 0 aliphatic carbocycles. The van der Waals surface area contributed by atoms with Crippen LogP contribution in [0.5, 0.6) is 5.75 Å². The zero-order valence-electron chi connectivity index (χ0n) is 16.3. The third-order valence-corrected chi connectivity index (χ3v) is 4.98. The highest BCUT2D eigenvalue weighted by molar-refractivity contribution is 5.89. The van der Waals surface area contributed by atoms with Gasteiger partial charge in [-0.05, 0) is 43.4 Å². The lowest BCUT2D eigenvalue weighted by molar-refractivity contribution is -0.191. The molecule has 3 rings (SSSR count). The van der Waals surface area contributed by atoms with E-state index in [0.717, 1.165) is 23.2 Å². The number of nitrogens with one attached hydrogen (secondary N) is 1. The number of fused-ring (bicyclic) bond motifs is 1. The van der Waals surface area contributed by atoms with Crippen LogP contribution in [0.4, 0.5) is 13.2 Å². The van der Waals surface area contributed by atoms with E-state index in [4.69, 9.17) is 4.74 Å². The second kappa shape index (κ2) is 7.62. The molecular weight excluding hydrogens is 369 g/mol. The average molecular weight is 394 g/mol. The fourth-order valence-electron chi connectivity index (χ4n) is 3.42. The second-order valence-electron chi connectivity index (χ2n) is 7.84. The lowest BCUT2D eigenvalue weighted by Crippen LogP contribution is -2.43. The number of hydrazine groups is 1. The maximum atomic E-state index is 13.9. The standard InChI is InChI=1S/C21H25F3N2O2/c1-4-5-11-28-17-8-6-7-14-12-15(9-10-16(14)17)18(21(22,23)24)26-13-20(2,3)19(27)25-26/h6-10,12,18H,4-5,11,13H2,1-3H3,(H,25,27)/t18-/m0/s1. The first-order valence-corrected chi connectivity index (χ1v) is 9.43. The van der Waals surface area contributed by atoms with Gasteiger partial charge in [-0.3, -0.25) is 10.2 Å². The lowest BCUT2D eigenvalue weighted by Gasteiger charge is -2.30. The number of carbonyl (C=O) groups is 1. The van der Waals surface area contributed by atoms with Crippen LogP contribution in [0.25, 0.3) is 10.8 Å². The van der Waals surface area contributed by atoms with E-state index in [9.17, 15) is 18.0 Å². The molecule has 0 aromatic heterocycles. The van der Waals surface area contributed by atoms with Crippen LogP contribution in [0.15, 0.2) is 36.4 Å². The molecule has 4 nitrogen and oxygen atoms in total. The van der Waals surface area contributed by atoms with Gasteiger partial charge in [0.15, 0.2) is 0 Å². The number of amides is 1. The van der Waals surface area contributed by atoms with E-state index in [-0.39, 0.29) is 12.1 Å². The summed E-state index contributed by atoms with van der Waals surface area (Å²) in [4.78, 5) is 12.0. The van der Waals surface area contributed by atoms with E-state index in [1.165, 1.54) is 12.1 Å². The van der Waals surface area contributed by atoms with Crippen molar-refractivity contribution >= 4 is 16.7 Å². The Labute approximate surface area is 162 Å². The van der Waals surface area contributed by atoms with Crippen molar-refractivity contribution in [1.29, 1.82) is 0 Å². The van der Waals surface area contributed by atoms with Crippen molar-refractivity contribution in [2.75, 3.05) is 13.2 Å². The molecule has 152 valence electrons. The van der Waals surface area contributed by atoms with Gasteiger partial charge in [0.05, 0.1) is 12.0 Å². The molecule has 0 bridgehead atoms. The van der Waals surface area contributed by atoms with Gasteiger partial charge in [-0.2, -0.15) is 13.2 Å². The summed E-state index contributed by atoms with van der Waals surface area (Å²) in [6.45, 7) is 5.88. The van der Waals surface area contributed by atoms with E-state index in [2.05, 4.69) is 12.3 Å². The molecule has 28 heavy (non-hydrogen) atoms. The molecule has 2 aromatic rings. The Hall–Kier alpha value is -2.28. The quantitative estimate of drug-likeness (QED) is 0.702. The van der Waals surface area contributed by atoms with Crippen LogP contribution >= 0.6 is 0 Å².